The molecular formula is C78H99NO2S6. The van der Waals surface area contributed by atoms with Gasteiger partial charge < -0.3 is 0 Å². The van der Waals surface area contributed by atoms with Crippen LogP contribution in [0.5, 0.6) is 0 Å². The van der Waals surface area contributed by atoms with Gasteiger partial charge in [-0.3, -0.25) is 14.5 Å². The van der Waals surface area contributed by atoms with Crippen LogP contribution in [-0.4, -0.2) is 23.3 Å². The lowest BCUT2D eigenvalue weighted by molar-refractivity contribution is 0.0653. The van der Waals surface area contributed by atoms with Crippen molar-refractivity contribution < 1.29 is 9.59 Å². The number of imide groups is 1. The lowest BCUT2D eigenvalue weighted by atomic mass is 9.71. The van der Waals surface area contributed by atoms with Crippen molar-refractivity contribution in [2.45, 2.75) is 240 Å². The van der Waals surface area contributed by atoms with Gasteiger partial charge in [-0.1, -0.05) is 251 Å². The van der Waals surface area contributed by atoms with Crippen LogP contribution >= 0.6 is 68.0 Å². The van der Waals surface area contributed by atoms with E-state index < -0.39 is 0 Å². The molecule has 3 aromatic carbocycles. The van der Waals surface area contributed by atoms with Gasteiger partial charge in [0.05, 0.1) is 15.1 Å². The molecule has 1 aliphatic rings. The maximum absolute atomic E-state index is 15.2. The minimum absolute atomic E-state index is 0.0901. The number of hydrogen-bond acceptors (Lipinski definition) is 8. The van der Waals surface area contributed by atoms with E-state index in [0.29, 0.717) is 28.8 Å². The van der Waals surface area contributed by atoms with Gasteiger partial charge in [0, 0.05) is 88.2 Å². The molecule has 0 bridgehead atoms. The number of carbonyl (C=O) groups excluding carboxylic acids is 2. The molecule has 0 saturated heterocycles. The van der Waals surface area contributed by atoms with Gasteiger partial charge in [-0.25, -0.2) is 0 Å². The largest absolute Gasteiger partial charge is 0.274 e. The van der Waals surface area contributed by atoms with Crippen molar-refractivity contribution in [3.05, 3.63) is 138 Å². The van der Waals surface area contributed by atoms with Gasteiger partial charge in [0.25, 0.3) is 11.8 Å². The third kappa shape index (κ3) is 13.9. The molecule has 4 unspecified atom stereocenters. The average molecular weight is 1280 g/mol. The highest BCUT2D eigenvalue weighted by molar-refractivity contribution is 7.32. The number of benzene rings is 3. The summed E-state index contributed by atoms with van der Waals surface area (Å²) >= 11 is 11.7. The molecule has 4 atom stereocenters. The zero-order valence-corrected chi connectivity index (χ0v) is 59.1. The molecule has 2 amide bonds. The summed E-state index contributed by atoms with van der Waals surface area (Å²) in [6, 6.07) is 37.9. The Morgan fingerprint density at radius 2 is 0.977 bits per heavy atom. The summed E-state index contributed by atoms with van der Waals surface area (Å²) in [6.07, 6.45) is 30.2. The predicted octanol–water partition coefficient (Wildman–Crippen LogP) is 26.5. The first-order valence-electron chi connectivity index (χ1n) is 34.3. The van der Waals surface area contributed by atoms with Gasteiger partial charge in [-0.05, 0) is 97.9 Å². The summed E-state index contributed by atoms with van der Waals surface area (Å²) in [7, 11) is 0. The fourth-order valence-electron chi connectivity index (χ4n) is 14.4. The van der Waals surface area contributed by atoms with Crippen LogP contribution in [0.25, 0.3) is 60.9 Å². The van der Waals surface area contributed by atoms with Gasteiger partial charge in [-0.15, -0.1) is 68.0 Å². The molecule has 9 heteroatoms. The van der Waals surface area contributed by atoms with Crippen LogP contribution in [0.2, 0.25) is 0 Å². The van der Waals surface area contributed by atoms with Crippen LogP contribution in [0.1, 0.15) is 267 Å². The Kier molecular flexibility index (Phi) is 23.2. The molecule has 0 aliphatic carbocycles. The summed E-state index contributed by atoms with van der Waals surface area (Å²) in [6.45, 7) is 21.7. The molecule has 1 aliphatic heterocycles. The number of rotatable bonds is 36. The normalized spacial score (nSPS) is 14.9. The van der Waals surface area contributed by atoms with E-state index >= 15 is 4.79 Å². The molecule has 0 saturated carbocycles. The zero-order valence-electron chi connectivity index (χ0n) is 54.2. The quantitative estimate of drug-likeness (QED) is 0.0290. The van der Waals surface area contributed by atoms with Crippen LogP contribution < -0.4 is 0 Å². The Balaban J connectivity index is 1.26. The minimum Gasteiger partial charge on any atom is -0.274 e. The maximum atomic E-state index is 15.2. The Bertz CT molecular complexity index is 3560. The van der Waals surface area contributed by atoms with Gasteiger partial charge >= 0.3 is 0 Å². The van der Waals surface area contributed by atoms with Crippen molar-refractivity contribution in [2.24, 2.45) is 11.8 Å². The average Bonchev–Trinajstić information content (AvgIpc) is 1.60. The van der Waals surface area contributed by atoms with E-state index in [-0.39, 0.29) is 22.6 Å². The monoisotopic (exact) mass is 1270 g/mol. The van der Waals surface area contributed by atoms with Crippen LogP contribution in [-0.2, 0) is 23.7 Å². The van der Waals surface area contributed by atoms with Crippen molar-refractivity contribution >= 4 is 110 Å². The van der Waals surface area contributed by atoms with Gasteiger partial charge in [0.2, 0.25) is 0 Å². The third-order valence-electron chi connectivity index (χ3n) is 19.6. The number of carbonyl (C=O) groups is 2. The molecular weight excluding hydrogens is 1180 g/mol. The Labute approximate surface area is 547 Å². The number of nitrogens with zero attached hydrogens (tertiary/aromatic N) is 1. The first-order valence-corrected chi connectivity index (χ1v) is 39.2. The SMILES string of the molecule is CCCCCCCCN1C(=O)c2sc3c(-c4cc5c(-c6ccc(CC(CC)CCCC)s6)c6sc(C(CCC)(CCCCC)c7ccccc7)cc6c(-c6ccc(CC(CC)CCCC)s6)c5s4)sc(C(C)(CCCCC)c4ccccc4)c3c2C1=O. The summed E-state index contributed by atoms with van der Waals surface area (Å²) in [4.78, 5) is 43.3. The lowest BCUT2D eigenvalue weighted by Gasteiger charge is -2.34. The van der Waals surface area contributed by atoms with E-state index in [1.54, 1.807) is 16.2 Å². The molecule has 0 radical (unpaired) electrons. The lowest BCUT2D eigenvalue weighted by Crippen LogP contribution is -2.31. The van der Waals surface area contributed by atoms with E-state index in [1.165, 1.54) is 171 Å². The standard InChI is InChI=1S/C78H99NO2S6/c1-10-18-23-24-25-34-48-79-75(80)68-67-72(86-73(68)76(79)81)71(87-74(67)77(9,46-32-19-11-2)55-37-28-26-29-38-55)63-51-59-65(61-43-41-57(82-61)49-53(16-7)35-21-13-4)70-60(66(69(59)84-63)62-44-42-58(83-62)50-54(17-8)36-22-14-5)52-64(85-70)78(45-15-6,47-33-20-12-3)56-39-30-27-31-40-56/h26-31,37-44,51-54H,10-25,32-36,45-50H2,1-9H3. The van der Waals surface area contributed by atoms with Crippen molar-refractivity contribution in [3.63, 3.8) is 0 Å². The highest BCUT2D eigenvalue weighted by atomic mass is 32.1. The molecule has 0 fully saturated rings. The van der Waals surface area contributed by atoms with Gasteiger partial charge in [0.1, 0.15) is 4.88 Å². The highest BCUT2D eigenvalue weighted by Gasteiger charge is 2.44. The molecule has 464 valence electrons. The van der Waals surface area contributed by atoms with Crippen LogP contribution in [0.3, 0.4) is 0 Å². The number of amides is 2. The Hall–Kier alpha value is -4.22. The fourth-order valence-corrected chi connectivity index (χ4v) is 22.7. The fraction of sp³-hybridized carbons (Fsp3) is 0.513. The number of hydrogen-bond donors (Lipinski definition) is 0. The summed E-state index contributed by atoms with van der Waals surface area (Å²) in [5, 5.41) is 3.77. The third-order valence-corrected chi connectivity index (χ3v) is 27.3. The van der Waals surface area contributed by atoms with Crippen LogP contribution in [0.15, 0.2) is 97.1 Å². The smallest absolute Gasteiger partial charge is 0.271 e. The second-order valence-corrected chi connectivity index (χ2v) is 32.3. The molecule has 0 spiro atoms. The first-order chi connectivity index (χ1) is 42.5. The van der Waals surface area contributed by atoms with E-state index in [9.17, 15) is 4.79 Å². The summed E-state index contributed by atoms with van der Waals surface area (Å²) in [5.74, 6) is 1.17. The Morgan fingerprint density at radius 1 is 0.437 bits per heavy atom. The topological polar surface area (TPSA) is 37.4 Å². The minimum atomic E-state index is -0.378. The first kappa shape index (κ1) is 65.7. The zero-order chi connectivity index (χ0) is 61.1. The van der Waals surface area contributed by atoms with E-state index in [1.807, 2.05) is 45.3 Å². The van der Waals surface area contributed by atoms with Crippen molar-refractivity contribution in [2.75, 3.05) is 6.54 Å². The van der Waals surface area contributed by atoms with Crippen molar-refractivity contribution in [3.8, 4) is 30.6 Å². The number of thiophene rings is 6. The number of unbranched alkanes of at least 4 members (excludes halogenated alkanes) is 11. The van der Waals surface area contributed by atoms with Crippen LogP contribution in [0, 0.1) is 11.8 Å². The summed E-state index contributed by atoms with van der Waals surface area (Å²) < 4.78 is 3.89. The molecule has 7 heterocycles. The van der Waals surface area contributed by atoms with Gasteiger partial charge in [-0.2, -0.15) is 0 Å². The maximum Gasteiger partial charge on any atom is 0.271 e. The highest BCUT2D eigenvalue weighted by Crippen LogP contribution is 2.60. The van der Waals surface area contributed by atoms with Crippen molar-refractivity contribution in [1.82, 2.24) is 4.90 Å². The number of fused-ring (bicyclic) bond motifs is 5. The molecule has 87 heavy (non-hydrogen) atoms. The molecule has 6 aromatic heterocycles. The molecule has 0 N–H and O–H groups in total. The second-order valence-electron chi connectivity index (χ2n) is 25.8. The molecule has 10 rings (SSSR count). The molecule has 9 aromatic rings. The van der Waals surface area contributed by atoms with Crippen molar-refractivity contribution in [1.29, 1.82) is 0 Å². The van der Waals surface area contributed by atoms with E-state index in [2.05, 4.69) is 171 Å². The summed E-state index contributed by atoms with van der Waals surface area (Å²) in [5.41, 5.74) is 5.69. The second kappa shape index (κ2) is 30.7. The Morgan fingerprint density at radius 3 is 1.56 bits per heavy atom. The molecule has 3 nitrogen and oxygen atoms in total. The predicted molar refractivity (Wildman–Crippen MR) is 389 cm³/mol. The van der Waals surface area contributed by atoms with Crippen LogP contribution in [0.4, 0.5) is 0 Å². The van der Waals surface area contributed by atoms with E-state index in [4.69, 9.17) is 0 Å². The van der Waals surface area contributed by atoms with Gasteiger partial charge in [0.15, 0.2) is 0 Å². The van der Waals surface area contributed by atoms with E-state index in [0.717, 1.165) is 87.1 Å².